The van der Waals surface area contributed by atoms with Gasteiger partial charge < -0.3 is 5.73 Å². The molecule has 2 rings (SSSR count). The Labute approximate surface area is 96.6 Å². The molecule has 15 heavy (non-hydrogen) atoms. The van der Waals surface area contributed by atoms with Crippen molar-refractivity contribution in [2.24, 2.45) is 5.73 Å². The minimum Gasteiger partial charge on any atom is -0.325 e. The maximum atomic E-state index is 6.23. The van der Waals surface area contributed by atoms with Crippen LogP contribution in [0.15, 0.2) is 18.2 Å². The highest BCUT2D eigenvalue weighted by atomic mass is 35.5. The van der Waals surface area contributed by atoms with Crippen LogP contribution in [0, 0.1) is 0 Å². The van der Waals surface area contributed by atoms with E-state index in [0.717, 1.165) is 5.02 Å². The molecule has 0 bridgehead atoms. The van der Waals surface area contributed by atoms with E-state index in [1.165, 1.54) is 30.4 Å². The summed E-state index contributed by atoms with van der Waals surface area (Å²) in [7, 11) is 0. The van der Waals surface area contributed by atoms with Gasteiger partial charge in [-0.3, -0.25) is 0 Å². The molecule has 0 heterocycles. The fourth-order valence-corrected chi connectivity index (χ4v) is 2.72. The fraction of sp³-hybridized carbons (Fsp3) is 0.538. The molecule has 0 radical (unpaired) electrons. The quantitative estimate of drug-likeness (QED) is 0.775. The molecular formula is C13H18ClN. The van der Waals surface area contributed by atoms with Crippen molar-refractivity contribution in [3.63, 3.8) is 0 Å². The lowest BCUT2D eigenvalue weighted by Crippen LogP contribution is -2.40. The van der Waals surface area contributed by atoms with E-state index in [0.29, 0.717) is 5.92 Å². The third kappa shape index (κ3) is 2.19. The minimum absolute atomic E-state index is 0.153. The number of hydrogen-bond donors (Lipinski definition) is 1. The molecule has 1 aromatic rings. The van der Waals surface area contributed by atoms with Crippen molar-refractivity contribution < 1.29 is 0 Å². The van der Waals surface area contributed by atoms with Crippen LogP contribution >= 0.6 is 11.6 Å². The Morgan fingerprint density at radius 1 is 1.40 bits per heavy atom. The van der Waals surface area contributed by atoms with Crippen molar-refractivity contribution >= 4 is 11.6 Å². The van der Waals surface area contributed by atoms with Gasteiger partial charge in [0.2, 0.25) is 0 Å². The van der Waals surface area contributed by atoms with Gasteiger partial charge in [0.1, 0.15) is 0 Å². The van der Waals surface area contributed by atoms with Gasteiger partial charge in [-0.1, -0.05) is 17.7 Å². The summed E-state index contributed by atoms with van der Waals surface area (Å²) in [6, 6.07) is 6.22. The van der Waals surface area contributed by atoms with Crippen molar-refractivity contribution in [2.75, 3.05) is 0 Å². The van der Waals surface area contributed by atoms with Gasteiger partial charge in [0.05, 0.1) is 0 Å². The van der Waals surface area contributed by atoms with Crippen molar-refractivity contribution in [3.05, 3.63) is 34.3 Å². The summed E-state index contributed by atoms with van der Waals surface area (Å²) in [4.78, 5) is 0. The first-order chi connectivity index (χ1) is 6.98. The van der Waals surface area contributed by atoms with Crippen LogP contribution < -0.4 is 5.73 Å². The fourth-order valence-electron chi connectivity index (χ4n) is 2.54. The topological polar surface area (TPSA) is 26.0 Å². The first-order valence-corrected chi connectivity index (χ1v) is 5.93. The normalized spacial score (nSPS) is 21.2. The molecule has 0 fully saturated rings. The Kier molecular flexibility index (Phi) is 2.78. The molecule has 1 aliphatic rings. The summed E-state index contributed by atoms with van der Waals surface area (Å²) in [6.07, 6.45) is 3.58. The molecule has 0 aliphatic heterocycles. The van der Waals surface area contributed by atoms with Crippen molar-refractivity contribution in [1.29, 1.82) is 0 Å². The zero-order valence-electron chi connectivity index (χ0n) is 9.39. The van der Waals surface area contributed by atoms with E-state index in [4.69, 9.17) is 17.3 Å². The van der Waals surface area contributed by atoms with E-state index in [9.17, 15) is 0 Å². The largest absolute Gasteiger partial charge is 0.325 e. The molecule has 0 saturated carbocycles. The summed E-state index contributed by atoms with van der Waals surface area (Å²) in [6.45, 7) is 4.21. The first kappa shape index (κ1) is 11.0. The number of benzene rings is 1. The number of halogens is 1. The number of rotatable bonds is 1. The Balaban J connectivity index is 2.45. The highest BCUT2D eigenvalue weighted by Crippen LogP contribution is 2.38. The lowest BCUT2D eigenvalue weighted by Gasteiger charge is -2.35. The Morgan fingerprint density at radius 2 is 2.13 bits per heavy atom. The standard InChI is InChI=1S/C13H18ClN/c1-13(2,15)12-5-3-4-9-6-7-10(14)8-11(9)12/h6-8,12H,3-5,15H2,1-2H3. The second kappa shape index (κ2) is 3.80. The first-order valence-electron chi connectivity index (χ1n) is 5.55. The van der Waals surface area contributed by atoms with E-state index >= 15 is 0 Å². The molecule has 1 aromatic carbocycles. The molecule has 1 atom stereocenters. The smallest absolute Gasteiger partial charge is 0.0409 e. The zero-order chi connectivity index (χ0) is 11.1. The van der Waals surface area contributed by atoms with Gasteiger partial charge in [0.15, 0.2) is 0 Å². The van der Waals surface area contributed by atoms with Crippen LogP contribution in [0.1, 0.15) is 43.7 Å². The van der Waals surface area contributed by atoms with Crippen LogP contribution in [0.5, 0.6) is 0 Å². The summed E-state index contributed by atoms with van der Waals surface area (Å²) in [5.74, 6) is 0.444. The van der Waals surface area contributed by atoms with E-state index < -0.39 is 0 Å². The Bertz CT molecular complexity index is 365. The lowest BCUT2D eigenvalue weighted by molar-refractivity contribution is 0.368. The molecule has 1 nitrogen and oxygen atoms in total. The van der Waals surface area contributed by atoms with Gasteiger partial charge in [-0.05, 0) is 56.4 Å². The SMILES string of the molecule is CC(C)(N)C1CCCc2ccc(Cl)cc21. The summed E-state index contributed by atoms with van der Waals surface area (Å²) in [5, 5.41) is 0.824. The highest BCUT2D eigenvalue weighted by molar-refractivity contribution is 6.30. The van der Waals surface area contributed by atoms with Gasteiger partial charge in [-0.2, -0.15) is 0 Å². The minimum atomic E-state index is -0.153. The molecular weight excluding hydrogens is 206 g/mol. The molecule has 0 aromatic heterocycles. The Morgan fingerprint density at radius 3 is 2.80 bits per heavy atom. The van der Waals surface area contributed by atoms with Crippen LogP contribution in [-0.4, -0.2) is 5.54 Å². The Hall–Kier alpha value is -0.530. The molecule has 0 spiro atoms. The van der Waals surface area contributed by atoms with Crippen LogP contribution in [-0.2, 0) is 6.42 Å². The average Bonchev–Trinajstić information content (AvgIpc) is 2.15. The number of hydrogen-bond acceptors (Lipinski definition) is 1. The van der Waals surface area contributed by atoms with Gasteiger partial charge in [0.25, 0.3) is 0 Å². The second-order valence-electron chi connectivity index (χ2n) is 5.11. The maximum Gasteiger partial charge on any atom is 0.0409 e. The van der Waals surface area contributed by atoms with E-state index in [2.05, 4.69) is 26.0 Å². The van der Waals surface area contributed by atoms with Gasteiger partial charge in [-0.15, -0.1) is 0 Å². The summed E-state index contributed by atoms with van der Waals surface area (Å²) in [5.41, 5.74) is 8.87. The molecule has 1 unspecified atom stereocenters. The van der Waals surface area contributed by atoms with Crippen LogP contribution in [0.4, 0.5) is 0 Å². The molecule has 0 saturated heterocycles. The summed E-state index contributed by atoms with van der Waals surface area (Å²) >= 11 is 6.05. The van der Waals surface area contributed by atoms with Crippen LogP contribution in [0.25, 0.3) is 0 Å². The maximum absolute atomic E-state index is 6.23. The van der Waals surface area contributed by atoms with Crippen molar-refractivity contribution in [2.45, 2.75) is 44.6 Å². The van der Waals surface area contributed by atoms with E-state index in [1.807, 2.05) is 6.07 Å². The third-order valence-corrected chi connectivity index (χ3v) is 3.56. The molecule has 1 aliphatic carbocycles. The lowest BCUT2D eigenvalue weighted by atomic mass is 9.73. The third-order valence-electron chi connectivity index (χ3n) is 3.32. The highest BCUT2D eigenvalue weighted by Gasteiger charge is 2.30. The molecule has 2 N–H and O–H groups in total. The van der Waals surface area contributed by atoms with Crippen LogP contribution in [0.2, 0.25) is 5.02 Å². The van der Waals surface area contributed by atoms with Gasteiger partial charge >= 0.3 is 0 Å². The van der Waals surface area contributed by atoms with Crippen molar-refractivity contribution in [1.82, 2.24) is 0 Å². The predicted molar refractivity (Wildman–Crippen MR) is 65.4 cm³/mol. The summed E-state index contributed by atoms with van der Waals surface area (Å²) < 4.78 is 0. The van der Waals surface area contributed by atoms with Crippen LogP contribution in [0.3, 0.4) is 0 Å². The number of aryl methyl sites for hydroxylation is 1. The average molecular weight is 224 g/mol. The predicted octanol–water partition coefficient (Wildman–Crippen LogP) is 3.50. The molecule has 0 amide bonds. The number of fused-ring (bicyclic) bond motifs is 1. The second-order valence-corrected chi connectivity index (χ2v) is 5.55. The molecule has 82 valence electrons. The van der Waals surface area contributed by atoms with E-state index in [1.54, 1.807) is 0 Å². The van der Waals surface area contributed by atoms with Gasteiger partial charge in [-0.25, -0.2) is 0 Å². The van der Waals surface area contributed by atoms with Crippen molar-refractivity contribution in [3.8, 4) is 0 Å². The number of nitrogens with two attached hydrogens (primary N) is 1. The zero-order valence-corrected chi connectivity index (χ0v) is 10.1. The monoisotopic (exact) mass is 223 g/mol. The molecule has 2 heteroatoms. The van der Waals surface area contributed by atoms with Gasteiger partial charge in [0, 0.05) is 16.5 Å². The van der Waals surface area contributed by atoms with E-state index in [-0.39, 0.29) is 5.54 Å².